The summed E-state index contributed by atoms with van der Waals surface area (Å²) >= 11 is 0. The van der Waals surface area contributed by atoms with Gasteiger partial charge in [-0.1, -0.05) is 31.9 Å². The number of hydrogen-bond donors (Lipinski definition) is 3. The van der Waals surface area contributed by atoms with E-state index in [2.05, 4.69) is 17.6 Å². The van der Waals surface area contributed by atoms with Crippen LogP contribution >= 0.6 is 0 Å². The first-order valence-corrected chi connectivity index (χ1v) is 7.39. The molecule has 2 amide bonds. The Hall–Kier alpha value is -1.55. The van der Waals surface area contributed by atoms with E-state index in [1.165, 1.54) is 19.3 Å². The zero-order valence-corrected chi connectivity index (χ0v) is 12.2. The molecule has 3 unspecified atom stereocenters. The van der Waals surface area contributed by atoms with Crippen molar-refractivity contribution in [1.82, 2.24) is 5.32 Å². The number of anilines is 1. The molecule has 2 rings (SSSR count). The Balaban J connectivity index is 1.83. The highest BCUT2D eigenvalue weighted by molar-refractivity contribution is 5.89. The summed E-state index contributed by atoms with van der Waals surface area (Å²) in [5.74, 6) is 1.30. The molecule has 20 heavy (non-hydrogen) atoms. The fourth-order valence-electron chi connectivity index (χ4n) is 2.80. The highest BCUT2D eigenvalue weighted by Gasteiger charge is 2.23. The molecule has 0 bridgehead atoms. The highest BCUT2D eigenvalue weighted by Crippen LogP contribution is 2.30. The van der Waals surface area contributed by atoms with Gasteiger partial charge in [0.15, 0.2) is 0 Å². The minimum atomic E-state index is -0.529. The van der Waals surface area contributed by atoms with Gasteiger partial charge in [0.1, 0.15) is 0 Å². The standard InChI is InChI=1S/C16H24N2O2/c1-11-5-3-7-14(11)10-17-16(20)18-15-8-4-6-13(9-15)12(2)19/h4,6,8-9,11-12,14,19H,3,5,7,10H2,1-2H3,(H2,17,18,20). The predicted molar refractivity (Wildman–Crippen MR) is 80.6 cm³/mol. The maximum Gasteiger partial charge on any atom is 0.319 e. The second-order valence-corrected chi connectivity index (χ2v) is 5.80. The Kier molecular flexibility index (Phi) is 5.01. The lowest BCUT2D eigenvalue weighted by atomic mass is 9.98. The van der Waals surface area contributed by atoms with E-state index in [0.717, 1.165) is 12.1 Å². The lowest BCUT2D eigenvalue weighted by molar-refractivity contribution is 0.199. The number of aliphatic hydroxyl groups excluding tert-OH is 1. The van der Waals surface area contributed by atoms with Crippen LogP contribution in [-0.4, -0.2) is 17.7 Å². The maximum atomic E-state index is 11.9. The summed E-state index contributed by atoms with van der Waals surface area (Å²) in [4.78, 5) is 11.9. The minimum Gasteiger partial charge on any atom is -0.389 e. The fourth-order valence-corrected chi connectivity index (χ4v) is 2.80. The molecule has 0 aromatic heterocycles. The number of carbonyl (C=O) groups excluding carboxylic acids is 1. The maximum absolute atomic E-state index is 11.9. The second-order valence-electron chi connectivity index (χ2n) is 5.80. The van der Waals surface area contributed by atoms with Gasteiger partial charge in [-0.25, -0.2) is 4.79 Å². The van der Waals surface area contributed by atoms with Crippen molar-refractivity contribution in [2.24, 2.45) is 11.8 Å². The van der Waals surface area contributed by atoms with Crippen LogP contribution < -0.4 is 10.6 Å². The van der Waals surface area contributed by atoms with Crippen LogP contribution in [0.2, 0.25) is 0 Å². The van der Waals surface area contributed by atoms with E-state index < -0.39 is 6.10 Å². The Morgan fingerprint density at radius 2 is 2.25 bits per heavy atom. The van der Waals surface area contributed by atoms with E-state index in [0.29, 0.717) is 17.5 Å². The van der Waals surface area contributed by atoms with Crippen LogP contribution in [0.15, 0.2) is 24.3 Å². The molecule has 0 saturated heterocycles. The van der Waals surface area contributed by atoms with Crippen molar-refractivity contribution in [3.05, 3.63) is 29.8 Å². The van der Waals surface area contributed by atoms with Crippen LogP contribution in [0, 0.1) is 11.8 Å². The van der Waals surface area contributed by atoms with E-state index >= 15 is 0 Å². The topological polar surface area (TPSA) is 61.4 Å². The van der Waals surface area contributed by atoms with Crippen molar-refractivity contribution in [3.63, 3.8) is 0 Å². The average Bonchev–Trinajstić information content (AvgIpc) is 2.82. The van der Waals surface area contributed by atoms with E-state index in [4.69, 9.17) is 0 Å². The molecule has 0 radical (unpaired) electrons. The van der Waals surface area contributed by atoms with Crippen LogP contribution in [0.25, 0.3) is 0 Å². The first-order valence-electron chi connectivity index (χ1n) is 7.39. The van der Waals surface area contributed by atoms with Crippen LogP contribution in [0.4, 0.5) is 10.5 Å². The summed E-state index contributed by atoms with van der Waals surface area (Å²) in [6, 6.07) is 7.11. The van der Waals surface area contributed by atoms with Gasteiger partial charge in [-0.2, -0.15) is 0 Å². The summed E-state index contributed by atoms with van der Waals surface area (Å²) in [6.45, 7) is 4.70. The summed E-state index contributed by atoms with van der Waals surface area (Å²) < 4.78 is 0. The zero-order valence-electron chi connectivity index (χ0n) is 12.2. The molecule has 1 aromatic carbocycles. The molecule has 1 aliphatic rings. The number of benzene rings is 1. The Morgan fingerprint density at radius 3 is 2.90 bits per heavy atom. The molecule has 0 spiro atoms. The van der Waals surface area contributed by atoms with Crippen LogP contribution in [0.3, 0.4) is 0 Å². The lowest BCUT2D eigenvalue weighted by Crippen LogP contribution is -2.33. The molecular formula is C16H24N2O2. The minimum absolute atomic E-state index is 0.174. The van der Waals surface area contributed by atoms with E-state index in [9.17, 15) is 9.90 Å². The molecule has 4 nitrogen and oxygen atoms in total. The van der Waals surface area contributed by atoms with Gasteiger partial charge >= 0.3 is 6.03 Å². The van der Waals surface area contributed by atoms with E-state index in [-0.39, 0.29) is 6.03 Å². The molecule has 4 heteroatoms. The third kappa shape index (κ3) is 3.97. The summed E-state index contributed by atoms with van der Waals surface area (Å²) in [5, 5.41) is 15.3. The normalized spacial score (nSPS) is 23.4. The van der Waals surface area contributed by atoms with Crippen molar-refractivity contribution in [3.8, 4) is 0 Å². The van der Waals surface area contributed by atoms with Gasteiger partial charge in [0, 0.05) is 12.2 Å². The van der Waals surface area contributed by atoms with Crippen LogP contribution in [0.1, 0.15) is 44.8 Å². The van der Waals surface area contributed by atoms with Crippen molar-refractivity contribution in [2.45, 2.75) is 39.2 Å². The van der Waals surface area contributed by atoms with Crippen molar-refractivity contribution < 1.29 is 9.90 Å². The second kappa shape index (κ2) is 6.75. The lowest BCUT2D eigenvalue weighted by Gasteiger charge is -2.16. The number of urea groups is 1. The number of rotatable bonds is 4. The SMILES string of the molecule is CC(O)c1cccc(NC(=O)NCC2CCCC2C)c1. The first kappa shape index (κ1) is 14.9. The molecule has 3 N–H and O–H groups in total. The monoisotopic (exact) mass is 276 g/mol. The molecule has 0 heterocycles. The molecule has 1 aliphatic carbocycles. The van der Waals surface area contributed by atoms with Gasteiger partial charge in [0.2, 0.25) is 0 Å². The Morgan fingerprint density at radius 1 is 1.45 bits per heavy atom. The largest absolute Gasteiger partial charge is 0.389 e. The molecule has 3 atom stereocenters. The quantitative estimate of drug-likeness (QED) is 0.790. The van der Waals surface area contributed by atoms with Crippen molar-refractivity contribution >= 4 is 11.7 Å². The highest BCUT2D eigenvalue weighted by atomic mass is 16.3. The molecule has 0 aliphatic heterocycles. The molecule has 1 aromatic rings. The summed E-state index contributed by atoms with van der Waals surface area (Å²) in [6.07, 6.45) is 3.22. The van der Waals surface area contributed by atoms with Crippen LogP contribution in [0.5, 0.6) is 0 Å². The van der Waals surface area contributed by atoms with Gasteiger partial charge in [0.25, 0.3) is 0 Å². The summed E-state index contributed by atoms with van der Waals surface area (Å²) in [5.41, 5.74) is 1.51. The van der Waals surface area contributed by atoms with Crippen LogP contribution in [-0.2, 0) is 0 Å². The number of aliphatic hydroxyl groups is 1. The van der Waals surface area contributed by atoms with Gasteiger partial charge in [-0.3, -0.25) is 0 Å². The predicted octanol–water partition coefficient (Wildman–Crippen LogP) is 3.30. The Labute approximate surface area is 120 Å². The van der Waals surface area contributed by atoms with Gasteiger partial charge in [-0.05, 0) is 42.9 Å². The van der Waals surface area contributed by atoms with E-state index in [1.54, 1.807) is 13.0 Å². The number of amides is 2. The number of nitrogens with one attached hydrogen (secondary N) is 2. The van der Waals surface area contributed by atoms with Gasteiger partial charge in [-0.15, -0.1) is 0 Å². The van der Waals surface area contributed by atoms with E-state index in [1.807, 2.05) is 18.2 Å². The third-order valence-corrected chi connectivity index (χ3v) is 4.19. The molecule has 1 fully saturated rings. The number of hydrogen-bond acceptors (Lipinski definition) is 2. The van der Waals surface area contributed by atoms with Gasteiger partial charge < -0.3 is 15.7 Å². The van der Waals surface area contributed by atoms with Crippen molar-refractivity contribution in [1.29, 1.82) is 0 Å². The zero-order chi connectivity index (χ0) is 14.5. The van der Waals surface area contributed by atoms with Gasteiger partial charge in [0.05, 0.1) is 6.10 Å². The third-order valence-electron chi connectivity index (χ3n) is 4.19. The average molecular weight is 276 g/mol. The molecule has 1 saturated carbocycles. The van der Waals surface area contributed by atoms with Crippen molar-refractivity contribution in [2.75, 3.05) is 11.9 Å². The molecular weight excluding hydrogens is 252 g/mol. The summed E-state index contributed by atoms with van der Waals surface area (Å²) in [7, 11) is 0. The molecule has 110 valence electrons. The smallest absolute Gasteiger partial charge is 0.319 e. The fraction of sp³-hybridized carbons (Fsp3) is 0.562. The Bertz CT molecular complexity index is 460. The number of carbonyl (C=O) groups is 1. The first-order chi connectivity index (χ1) is 9.56.